The van der Waals surface area contributed by atoms with Crippen LogP contribution in [-0.2, 0) is 0 Å². The summed E-state index contributed by atoms with van der Waals surface area (Å²) in [5.41, 5.74) is 6.08. The van der Waals surface area contributed by atoms with E-state index in [1.54, 1.807) is 13.2 Å². The molecule has 1 heterocycles. The molecular formula is C12H11BrN4O2. The van der Waals surface area contributed by atoms with Gasteiger partial charge in [-0.2, -0.15) is 0 Å². The van der Waals surface area contributed by atoms with Crippen molar-refractivity contribution in [1.82, 2.24) is 9.97 Å². The Labute approximate surface area is 118 Å². The molecule has 0 aliphatic heterocycles. The van der Waals surface area contributed by atoms with Crippen LogP contribution in [0.15, 0.2) is 35.1 Å². The van der Waals surface area contributed by atoms with Crippen LogP contribution in [0, 0.1) is 0 Å². The summed E-state index contributed by atoms with van der Waals surface area (Å²) >= 11 is 3.38. The van der Waals surface area contributed by atoms with Crippen molar-refractivity contribution in [3.05, 3.63) is 40.8 Å². The first-order valence-corrected chi connectivity index (χ1v) is 6.11. The van der Waals surface area contributed by atoms with E-state index in [1.807, 2.05) is 12.1 Å². The van der Waals surface area contributed by atoms with Gasteiger partial charge in [0.2, 0.25) is 0 Å². The van der Waals surface area contributed by atoms with Crippen molar-refractivity contribution in [2.75, 3.05) is 12.4 Å². The van der Waals surface area contributed by atoms with Gasteiger partial charge in [-0.1, -0.05) is 15.9 Å². The van der Waals surface area contributed by atoms with Crippen molar-refractivity contribution >= 4 is 33.3 Å². The smallest absolute Gasteiger partial charge is 0.267 e. The van der Waals surface area contributed by atoms with Crippen LogP contribution in [0.1, 0.15) is 10.5 Å². The number of methoxy groups -OCH3 is 1. The van der Waals surface area contributed by atoms with E-state index >= 15 is 0 Å². The summed E-state index contributed by atoms with van der Waals surface area (Å²) in [6, 6.07) is 6.97. The molecule has 98 valence electrons. The lowest BCUT2D eigenvalue weighted by atomic mass is 10.3. The van der Waals surface area contributed by atoms with E-state index in [0.717, 1.165) is 10.2 Å². The molecule has 0 bridgehead atoms. The number of benzene rings is 1. The molecule has 0 aliphatic rings. The van der Waals surface area contributed by atoms with Gasteiger partial charge >= 0.3 is 0 Å². The molecule has 0 fully saturated rings. The van der Waals surface area contributed by atoms with E-state index in [2.05, 4.69) is 31.2 Å². The molecule has 1 aromatic carbocycles. The molecule has 6 nitrogen and oxygen atoms in total. The summed E-state index contributed by atoms with van der Waals surface area (Å²) in [6.07, 6.45) is 1.28. The number of hydrogen-bond acceptors (Lipinski definition) is 5. The van der Waals surface area contributed by atoms with Gasteiger partial charge in [-0.3, -0.25) is 4.79 Å². The fourth-order valence-corrected chi connectivity index (χ4v) is 1.93. The molecule has 1 amide bonds. The number of carbonyl (C=O) groups excluding carboxylic acids is 1. The first-order valence-electron chi connectivity index (χ1n) is 5.32. The Hall–Kier alpha value is -2.15. The normalized spacial score (nSPS) is 10.0. The van der Waals surface area contributed by atoms with Gasteiger partial charge in [0.25, 0.3) is 5.91 Å². The third-order valence-electron chi connectivity index (χ3n) is 2.30. The highest BCUT2D eigenvalue weighted by Gasteiger charge is 2.05. The number of anilines is 2. The van der Waals surface area contributed by atoms with Crippen LogP contribution < -0.4 is 15.8 Å². The molecular weight excluding hydrogens is 312 g/mol. The topological polar surface area (TPSA) is 90.1 Å². The fraction of sp³-hybridized carbons (Fsp3) is 0.0833. The maximum absolute atomic E-state index is 11.0. The number of nitrogens with zero attached hydrogens (tertiary/aromatic N) is 2. The average Bonchev–Trinajstić information content (AvgIpc) is 2.38. The Bertz CT molecular complexity index is 618. The van der Waals surface area contributed by atoms with Gasteiger partial charge in [-0.25, -0.2) is 9.97 Å². The van der Waals surface area contributed by atoms with Crippen molar-refractivity contribution in [1.29, 1.82) is 0 Å². The minimum Gasteiger partial charge on any atom is -0.497 e. The third kappa shape index (κ3) is 3.41. The van der Waals surface area contributed by atoms with Crippen LogP contribution in [0.4, 0.5) is 11.5 Å². The minimum absolute atomic E-state index is 0.152. The molecule has 3 N–H and O–H groups in total. The standard InChI is InChI=1S/C12H11BrN4O2/c1-19-9-3-7(13)2-8(4-9)17-11-5-10(12(14)18)15-6-16-11/h2-6H,1H3,(H2,14,18)(H,15,16,17). The number of ether oxygens (including phenoxy) is 1. The lowest BCUT2D eigenvalue weighted by Crippen LogP contribution is -2.13. The Morgan fingerprint density at radius 2 is 2.11 bits per heavy atom. The number of carbonyl (C=O) groups is 1. The highest BCUT2D eigenvalue weighted by atomic mass is 79.9. The average molecular weight is 323 g/mol. The number of halogens is 1. The van der Waals surface area contributed by atoms with Gasteiger partial charge in [0.05, 0.1) is 7.11 Å². The van der Waals surface area contributed by atoms with E-state index < -0.39 is 5.91 Å². The minimum atomic E-state index is -0.600. The number of amides is 1. The number of rotatable bonds is 4. The zero-order valence-electron chi connectivity index (χ0n) is 10.1. The summed E-state index contributed by atoms with van der Waals surface area (Å²) < 4.78 is 6.02. The Morgan fingerprint density at radius 3 is 2.79 bits per heavy atom. The van der Waals surface area contributed by atoms with E-state index in [1.165, 1.54) is 12.4 Å². The van der Waals surface area contributed by atoms with Crippen LogP contribution in [0.3, 0.4) is 0 Å². The molecule has 0 unspecified atom stereocenters. The second-order valence-corrected chi connectivity index (χ2v) is 4.57. The molecule has 0 atom stereocenters. The van der Waals surface area contributed by atoms with Crippen LogP contribution in [0.25, 0.3) is 0 Å². The first-order chi connectivity index (χ1) is 9.08. The lowest BCUT2D eigenvalue weighted by molar-refractivity contribution is 0.0995. The van der Waals surface area contributed by atoms with Crippen molar-refractivity contribution < 1.29 is 9.53 Å². The predicted molar refractivity (Wildman–Crippen MR) is 74.5 cm³/mol. The maximum Gasteiger partial charge on any atom is 0.267 e. The Balaban J connectivity index is 2.28. The fourth-order valence-electron chi connectivity index (χ4n) is 1.46. The predicted octanol–water partition coefficient (Wildman–Crippen LogP) is 2.09. The summed E-state index contributed by atoms with van der Waals surface area (Å²) in [5.74, 6) is 0.572. The van der Waals surface area contributed by atoms with Crippen molar-refractivity contribution in [2.45, 2.75) is 0 Å². The van der Waals surface area contributed by atoms with Gasteiger partial charge in [-0.15, -0.1) is 0 Å². The maximum atomic E-state index is 11.0. The number of primary amides is 1. The van der Waals surface area contributed by atoms with Crippen molar-refractivity contribution in [3.8, 4) is 5.75 Å². The largest absolute Gasteiger partial charge is 0.497 e. The van der Waals surface area contributed by atoms with Gasteiger partial charge in [-0.05, 0) is 12.1 Å². The van der Waals surface area contributed by atoms with Gasteiger partial charge < -0.3 is 15.8 Å². The van der Waals surface area contributed by atoms with Crippen molar-refractivity contribution in [3.63, 3.8) is 0 Å². The number of hydrogen-bond donors (Lipinski definition) is 2. The number of aromatic nitrogens is 2. The zero-order valence-corrected chi connectivity index (χ0v) is 11.6. The molecule has 0 saturated carbocycles. The van der Waals surface area contributed by atoms with E-state index in [0.29, 0.717) is 11.6 Å². The Morgan fingerprint density at radius 1 is 1.32 bits per heavy atom. The molecule has 19 heavy (non-hydrogen) atoms. The molecule has 2 rings (SSSR count). The molecule has 7 heteroatoms. The molecule has 0 radical (unpaired) electrons. The van der Waals surface area contributed by atoms with Gasteiger partial charge in [0.15, 0.2) is 0 Å². The van der Waals surface area contributed by atoms with E-state index in [4.69, 9.17) is 10.5 Å². The summed E-state index contributed by atoms with van der Waals surface area (Å²) in [4.78, 5) is 18.8. The van der Waals surface area contributed by atoms with Crippen LogP contribution in [0.5, 0.6) is 5.75 Å². The zero-order chi connectivity index (χ0) is 13.8. The van der Waals surface area contributed by atoms with Crippen LogP contribution >= 0.6 is 15.9 Å². The SMILES string of the molecule is COc1cc(Br)cc(Nc2cc(C(N)=O)ncn2)c1. The number of nitrogens with one attached hydrogen (secondary N) is 1. The quantitative estimate of drug-likeness (QED) is 0.899. The molecule has 0 aliphatic carbocycles. The van der Waals surface area contributed by atoms with E-state index in [-0.39, 0.29) is 5.69 Å². The van der Waals surface area contributed by atoms with E-state index in [9.17, 15) is 4.79 Å². The Kier molecular flexibility index (Phi) is 3.96. The highest BCUT2D eigenvalue weighted by Crippen LogP contribution is 2.26. The lowest BCUT2D eigenvalue weighted by Gasteiger charge is -2.08. The second kappa shape index (κ2) is 5.66. The number of nitrogens with two attached hydrogens (primary N) is 1. The summed E-state index contributed by atoms with van der Waals surface area (Å²) in [5, 5.41) is 3.05. The van der Waals surface area contributed by atoms with Crippen LogP contribution in [0.2, 0.25) is 0 Å². The molecule has 1 aromatic heterocycles. The van der Waals surface area contributed by atoms with Crippen LogP contribution in [-0.4, -0.2) is 23.0 Å². The van der Waals surface area contributed by atoms with Gasteiger partial charge in [0.1, 0.15) is 23.6 Å². The second-order valence-electron chi connectivity index (χ2n) is 3.66. The monoisotopic (exact) mass is 322 g/mol. The first kappa shape index (κ1) is 13.3. The van der Waals surface area contributed by atoms with Crippen molar-refractivity contribution in [2.24, 2.45) is 5.73 Å². The summed E-state index contributed by atoms with van der Waals surface area (Å²) in [6.45, 7) is 0. The highest BCUT2D eigenvalue weighted by molar-refractivity contribution is 9.10. The molecule has 0 saturated heterocycles. The third-order valence-corrected chi connectivity index (χ3v) is 2.76. The van der Waals surface area contributed by atoms with Gasteiger partial charge in [0, 0.05) is 22.3 Å². The molecule has 2 aromatic rings. The molecule has 0 spiro atoms. The summed E-state index contributed by atoms with van der Waals surface area (Å²) in [7, 11) is 1.58.